The lowest BCUT2D eigenvalue weighted by Crippen LogP contribution is -2.46. The van der Waals surface area contributed by atoms with Crippen LogP contribution in [-0.2, 0) is 54.3 Å². The van der Waals surface area contributed by atoms with E-state index in [-0.39, 0.29) is 88.0 Å². The van der Waals surface area contributed by atoms with Crippen LogP contribution >= 0.6 is 11.8 Å². The second-order valence-electron chi connectivity index (χ2n) is 17.7. The van der Waals surface area contributed by atoms with Gasteiger partial charge in [0.25, 0.3) is 11.8 Å². The van der Waals surface area contributed by atoms with Crippen LogP contribution in [0.3, 0.4) is 0 Å². The van der Waals surface area contributed by atoms with Crippen LogP contribution in [0.4, 0.5) is 8.78 Å². The molecule has 1 aromatic heterocycles. The van der Waals surface area contributed by atoms with Gasteiger partial charge >= 0.3 is 5.97 Å². The average Bonchev–Trinajstić information content (AvgIpc) is 4.06. The highest BCUT2D eigenvalue weighted by atomic mass is 32.2. The Morgan fingerprint density at radius 3 is 2.16 bits per heavy atom. The van der Waals surface area contributed by atoms with Gasteiger partial charge in [-0.05, 0) is 60.7 Å². The Labute approximate surface area is 405 Å². The van der Waals surface area contributed by atoms with Crippen LogP contribution in [0.2, 0.25) is 0 Å². The molecule has 3 unspecified atom stereocenters. The molecule has 0 radical (unpaired) electrons. The first-order chi connectivity index (χ1) is 33.1. The highest BCUT2D eigenvalue weighted by Gasteiger charge is 2.39. The summed E-state index contributed by atoms with van der Waals surface area (Å²) in [6.07, 6.45) is 4.80. The van der Waals surface area contributed by atoms with Crippen molar-refractivity contribution in [1.82, 2.24) is 30.3 Å². The zero-order chi connectivity index (χ0) is 49.8. The quantitative estimate of drug-likeness (QED) is 0.0555. The van der Waals surface area contributed by atoms with E-state index < -0.39 is 58.7 Å². The topological polar surface area (TPSA) is 207 Å². The number of amides is 5. The minimum absolute atomic E-state index is 0.0336. The number of imide groups is 1. The normalized spacial score (nSPS) is 15.7. The summed E-state index contributed by atoms with van der Waals surface area (Å²) in [7, 11) is 0. The number of carboxylic acids is 1. The van der Waals surface area contributed by atoms with Gasteiger partial charge in [-0.15, -0.1) is 11.8 Å². The van der Waals surface area contributed by atoms with Crippen molar-refractivity contribution in [2.24, 2.45) is 11.3 Å². The molecule has 3 aromatic rings. The van der Waals surface area contributed by atoms with E-state index in [0.29, 0.717) is 31.9 Å². The Bertz CT molecular complexity index is 2200. The summed E-state index contributed by atoms with van der Waals surface area (Å²) < 4.78 is 53.5. The van der Waals surface area contributed by atoms with E-state index in [9.17, 15) is 38.3 Å². The number of hydrogen-bond donors (Lipinski definition) is 4. The molecule has 376 valence electrons. The Balaban J connectivity index is 1.04. The van der Waals surface area contributed by atoms with Crippen LogP contribution in [0.25, 0.3) is 11.1 Å². The maximum Gasteiger partial charge on any atom is 0.327 e. The summed E-state index contributed by atoms with van der Waals surface area (Å²) in [6, 6.07) is 13.2. The van der Waals surface area contributed by atoms with Crippen LogP contribution < -0.4 is 16.0 Å². The third-order valence-electron chi connectivity index (χ3n) is 11.2. The number of nitrogens with zero attached hydrogens (tertiary/aromatic N) is 3. The molecule has 20 heteroatoms. The molecule has 17 nitrogen and oxygen atoms in total. The number of carbonyl (C=O) groups excluding carboxylic acids is 5. The molecule has 2 aliphatic heterocycles. The molecule has 0 aliphatic carbocycles. The maximum atomic E-state index is 15.2. The molecule has 2 aliphatic rings. The number of carbonyl (C=O) groups is 6. The molecule has 3 heterocycles. The molecule has 0 saturated carbocycles. The number of aromatic nitrogens is 1. The van der Waals surface area contributed by atoms with Gasteiger partial charge in [0, 0.05) is 67.0 Å². The first kappa shape index (κ1) is 54.4. The second-order valence-corrected chi connectivity index (χ2v) is 18.7. The van der Waals surface area contributed by atoms with E-state index >= 15 is 4.39 Å². The summed E-state index contributed by atoms with van der Waals surface area (Å²) in [4.78, 5) is 77.2. The smallest absolute Gasteiger partial charge is 0.327 e. The summed E-state index contributed by atoms with van der Waals surface area (Å²) in [5.74, 6) is -4.60. The van der Waals surface area contributed by atoms with Gasteiger partial charge in [-0.25, -0.2) is 13.6 Å². The fraction of sp³-hybridized carbons (Fsp3) is 0.510. The van der Waals surface area contributed by atoms with E-state index in [1.54, 1.807) is 6.20 Å². The molecular formula is C49H64F2N6O11S. The average molecular weight is 983 g/mol. The number of rotatable bonds is 30. The van der Waals surface area contributed by atoms with Gasteiger partial charge < -0.3 is 49.5 Å². The predicted octanol–water partition coefficient (Wildman–Crippen LogP) is 3.81. The standard InChI is InChI=1S/C49H64F2N6O11S/c1-49(2,3)47(41-25-36(38-26-37(50)9-10-39(38)51)30-55(41)28-34-7-5-4-6-8-34)57(29-35-13-15-52-27-35)46(62)33-69-32-40(48(63)64)54-42(58)14-17-65-19-21-67-23-24-68-22-20-66-18-16-53-43(59)31-56-44(60)11-12-45(56)61/h4-12,25-26,30,35,40,47,52H,13-24,27-29,31-33H2,1-3H3,(H,53,59)(H,54,58)(H,63,64). The van der Waals surface area contributed by atoms with Crippen LogP contribution in [0.15, 0.2) is 72.9 Å². The van der Waals surface area contributed by atoms with E-state index in [2.05, 4.69) is 16.0 Å². The van der Waals surface area contributed by atoms with Crippen molar-refractivity contribution in [2.75, 3.05) is 97.1 Å². The van der Waals surface area contributed by atoms with Gasteiger partial charge in [0.2, 0.25) is 17.7 Å². The Morgan fingerprint density at radius 2 is 1.54 bits per heavy atom. The van der Waals surface area contributed by atoms with Crippen molar-refractivity contribution < 1.29 is 61.6 Å². The van der Waals surface area contributed by atoms with Crippen molar-refractivity contribution in [2.45, 2.75) is 52.2 Å². The fourth-order valence-electron chi connectivity index (χ4n) is 7.88. The van der Waals surface area contributed by atoms with Crippen LogP contribution in [0.5, 0.6) is 0 Å². The van der Waals surface area contributed by atoms with Crippen molar-refractivity contribution in [3.8, 4) is 11.1 Å². The van der Waals surface area contributed by atoms with Crippen LogP contribution in [-0.4, -0.2) is 158 Å². The largest absolute Gasteiger partial charge is 0.480 e. The van der Waals surface area contributed by atoms with Crippen LogP contribution in [0, 0.1) is 23.0 Å². The van der Waals surface area contributed by atoms with Gasteiger partial charge in [-0.2, -0.15) is 0 Å². The Hall–Kier alpha value is -5.51. The summed E-state index contributed by atoms with van der Waals surface area (Å²) in [5, 5.41) is 18.5. The number of halogens is 2. The molecule has 69 heavy (non-hydrogen) atoms. The molecule has 3 atom stereocenters. The molecule has 0 spiro atoms. The second kappa shape index (κ2) is 27.6. The minimum atomic E-state index is -1.26. The third-order valence-corrected chi connectivity index (χ3v) is 12.2. The number of benzene rings is 2. The number of thioether (sulfide) groups is 1. The molecule has 0 bridgehead atoms. The number of hydrogen-bond acceptors (Lipinski definition) is 12. The molecule has 5 rings (SSSR count). The lowest BCUT2D eigenvalue weighted by atomic mass is 9.82. The van der Waals surface area contributed by atoms with Gasteiger partial charge in [0.15, 0.2) is 0 Å². The van der Waals surface area contributed by atoms with E-state index in [0.717, 1.165) is 71.7 Å². The van der Waals surface area contributed by atoms with Crippen molar-refractivity contribution in [3.05, 3.63) is 95.8 Å². The Morgan fingerprint density at radius 1 is 0.884 bits per heavy atom. The maximum absolute atomic E-state index is 15.2. The summed E-state index contributed by atoms with van der Waals surface area (Å²) >= 11 is 1.12. The number of carboxylic acid groups (broad SMARTS) is 1. The first-order valence-electron chi connectivity index (χ1n) is 23.0. The zero-order valence-electron chi connectivity index (χ0n) is 39.4. The monoisotopic (exact) mass is 982 g/mol. The fourth-order valence-corrected chi connectivity index (χ4v) is 8.80. The molecule has 4 N–H and O–H groups in total. The van der Waals surface area contributed by atoms with E-state index in [1.807, 2.05) is 66.6 Å². The van der Waals surface area contributed by atoms with Gasteiger partial charge in [-0.3, -0.25) is 28.9 Å². The molecule has 2 aromatic carbocycles. The van der Waals surface area contributed by atoms with Crippen molar-refractivity contribution >= 4 is 47.3 Å². The minimum Gasteiger partial charge on any atom is -0.480 e. The van der Waals surface area contributed by atoms with Crippen molar-refractivity contribution in [1.29, 1.82) is 0 Å². The Kier molecular flexibility index (Phi) is 21.8. The number of ether oxygens (including phenoxy) is 4. The molecule has 1 saturated heterocycles. The number of nitrogens with one attached hydrogen (secondary N) is 3. The highest BCUT2D eigenvalue weighted by molar-refractivity contribution is 8.00. The van der Waals surface area contributed by atoms with Gasteiger partial charge in [-0.1, -0.05) is 51.1 Å². The molecular weight excluding hydrogens is 919 g/mol. The SMILES string of the molecule is CC(C)(C)C(c1cc(-c2cc(F)ccc2F)cn1Cc1ccccc1)N(CC1CCNC1)C(=O)CSCC(NC(=O)CCOCCOCCOCCOCCNC(=O)CN1C(=O)C=CC1=O)C(=O)O. The first-order valence-corrected chi connectivity index (χ1v) is 24.2. The molecule has 1 fully saturated rings. The van der Waals surface area contributed by atoms with Crippen molar-refractivity contribution in [3.63, 3.8) is 0 Å². The third kappa shape index (κ3) is 17.8. The lowest BCUT2D eigenvalue weighted by Gasteiger charge is -2.42. The zero-order valence-corrected chi connectivity index (χ0v) is 40.2. The number of aliphatic carboxylic acids is 1. The predicted molar refractivity (Wildman–Crippen MR) is 254 cm³/mol. The summed E-state index contributed by atoms with van der Waals surface area (Å²) in [5.41, 5.74) is 1.78. The lowest BCUT2D eigenvalue weighted by molar-refractivity contribution is -0.141. The summed E-state index contributed by atoms with van der Waals surface area (Å²) in [6.45, 7) is 10.2. The molecule has 5 amide bonds. The van der Waals surface area contributed by atoms with E-state index in [1.165, 1.54) is 6.07 Å². The van der Waals surface area contributed by atoms with Crippen LogP contribution in [0.1, 0.15) is 50.9 Å². The van der Waals surface area contributed by atoms with Gasteiger partial charge in [0.05, 0.1) is 64.6 Å². The van der Waals surface area contributed by atoms with Gasteiger partial charge in [0.1, 0.15) is 24.2 Å². The highest BCUT2D eigenvalue weighted by Crippen LogP contribution is 2.42. The van der Waals surface area contributed by atoms with E-state index in [4.69, 9.17) is 18.9 Å².